The molecule has 1 aliphatic rings. The maximum Gasteiger partial charge on any atom is 0.444 e. The van der Waals surface area contributed by atoms with Gasteiger partial charge < -0.3 is 4.74 Å². The van der Waals surface area contributed by atoms with Crippen molar-refractivity contribution in [2.45, 2.75) is 12.7 Å². The van der Waals surface area contributed by atoms with Gasteiger partial charge in [0.15, 0.2) is 5.82 Å². The van der Waals surface area contributed by atoms with Crippen LogP contribution >= 0.6 is 11.5 Å². The number of hydrogen-bond acceptors (Lipinski definition) is 5. The van der Waals surface area contributed by atoms with E-state index in [1.54, 1.807) is 0 Å². The van der Waals surface area contributed by atoms with E-state index in [1.165, 1.54) is 0 Å². The van der Waals surface area contributed by atoms with E-state index in [0.29, 0.717) is 44.4 Å². The lowest BCUT2D eigenvalue weighted by Crippen LogP contribution is -2.35. The van der Waals surface area contributed by atoms with Gasteiger partial charge in [0, 0.05) is 13.1 Å². The minimum absolute atomic E-state index is 0.235. The monoisotopic (exact) mass is 253 g/mol. The number of ether oxygens (including phenoxy) is 1. The van der Waals surface area contributed by atoms with Gasteiger partial charge in [-0.15, -0.1) is 0 Å². The molecule has 0 spiro atoms. The Balaban J connectivity index is 1.97. The standard InChI is InChI=1S/C8H10F3N3OS/c9-8(10,11)7-12-6(13-16-7)5-14-1-3-15-4-2-14/h1-5H2. The van der Waals surface area contributed by atoms with E-state index in [4.69, 9.17) is 4.74 Å². The second-order valence-corrected chi connectivity index (χ2v) is 4.15. The third-order valence-electron chi connectivity index (χ3n) is 2.18. The molecule has 0 N–H and O–H groups in total. The van der Waals surface area contributed by atoms with Gasteiger partial charge in [-0.3, -0.25) is 4.90 Å². The normalized spacial score (nSPS) is 18.9. The van der Waals surface area contributed by atoms with Crippen molar-refractivity contribution >= 4 is 11.5 Å². The van der Waals surface area contributed by atoms with Gasteiger partial charge in [-0.05, 0) is 11.5 Å². The van der Waals surface area contributed by atoms with E-state index in [1.807, 2.05) is 4.90 Å². The van der Waals surface area contributed by atoms with Crippen molar-refractivity contribution in [3.05, 3.63) is 10.8 Å². The summed E-state index contributed by atoms with van der Waals surface area (Å²) in [6, 6.07) is 0. The summed E-state index contributed by atoms with van der Waals surface area (Å²) < 4.78 is 45.6. The number of aromatic nitrogens is 2. The van der Waals surface area contributed by atoms with E-state index in [9.17, 15) is 13.2 Å². The zero-order chi connectivity index (χ0) is 11.6. The molecule has 0 amide bonds. The van der Waals surface area contributed by atoms with Crippen molar-refractivity contribution in [1.29, 1.82) is 0 Å². The fourth-order valence-electron chi connectivity index (χ4n) is 1.39. The second-order valence-electron chi connectivity index (χ2n) is 3.40. The first-order valence-corrected chi connectivity index (χ1v) is 5.53. The first kappa shape index (κ1) is 11.7. The van der Waals surface area contributed by atoms with Gasteiger partial charge in [0.05, 0.1) is 19.8 Å². The summed E-state index contributed by atoms with van der Waals surface area (Å²) in [6.45, 7) is 2.99. The van der Waals surface area contributed by atoms with Gasteiger partial charge in [-0.25, -0.2) is 4.98 Å². The van der Waals surface area contributed by atoms with Crippen LogP contribution in [-0.4, -0.2) is 40.6 Å². The fraction of sp³-hybridized carbons (Fsp3) is 0.750. The summed E-state index contributed by atoms with van der Waals surface area (Å²) in [5.74, 6) is 0.235. The quantitative estimate of drug-likeness (QED) is 0.798. The summed E-state index contributed by atoms with van der Waals surface area (Å²) in [5, 5.41) is -0.879. The molecule has 0 atom stereocenters. The Morgan fingerprint density at radius 1 is 1.31 bits per heavy atom. The second kappa shape index (κ2) is 4.64. The topological polar surface area (TPSA) is 38.2 Å². The van der Waals surface area contributed by atoms with Crippen LogP contribution in [0.1, 0.15) is 10.8 Å². The maximum absolute atomic E-state index is 12.3. The zero-order valence-corrected chi connectivity index (χ0v) is 9.14. The lowest BCUT2D eigenvalue weighted by Gasteiger charge is -2.25. The van der Waals surface area contributed by atoms with Gasteiger partial charge >= 0.3 is 6.18 Å². The minimum Gasteiger partial charge on any atom is -0.379 e. The Morgan fingerprint density at radius 3 is 2.56 bits per heavy atom. The summed E-state index contributed by atoms with van der Waals surface area (Å²) in [4.78, 5) is 5.45. The van der Waals surface area contributed by atoms with Crippen molar-refractivity contribution in [3.63, 3.8) is 0 Å². The van der Waals surface area contributed by atoms with Gasteiger partial charge in [0.1, 0.15) is 0 Å². The van der Waals surface area contributed by atoms with Crippen molar-refractivity contribution in [3.8, 4) is 0 Å². The predicted molar refractivity (Wildman–Crippen MR) is 51.0 cm³/mol. The van der Waals surface area contributed by atoms with Gasteiger partial charge in [0.2, 0.25) is 5.01 Å². The van der Waals surface area contributed by atoms with Gasteiger partial charge in [0.25, 0.3) is 0 Å². The Kier molecular flexibility index (Phi) is 3.41. The van der Waals surface area contributed by atoms with Gasteiger partial charge in [-0.1, -0.05) is 0 Å². The Hall–Kier alpha value is -0.730. The highest BCUT2D eigenvalue weighted by atomic mass is 32.1. The summed E-state index contributed by atoms with van der Waals surface area (Å²) in [6.07, 6.45) is -4.39. The lowest BCUT2D eigenvalue weighted by atomic mass is 10.4. The number of rotatable bonds is 2. The van der Waals surface area contributed by atoms with Crippen molar-refractivity contribution in [2.75, 3.05) is 26.3 Å². The van der Waals surface area contributed by atoms with E-state index in [0.717, 1.165) is 0 Å². The molecule has 8 heteroatoms. The van der Waals surface area contributed by atoms with Crippen LogP contribution in [0.25, 0.3) is 0 Å². The molecule has 1 aromatic heterocycles. The van der Waals surface area contributed by atoms with Crippen LogP contribution in [0.2, 0.25) is 0 Å². The molecule has 0 aromatic carbocycles. The molecule has 0 bridgehead atoms. The predicted octanol–water partition coefficient (Wildman–Crippen LogP) is 1.39. The third kappa shape index (κ3) is 2.89. The molecule has 0 aliphatic carbocycles. The van der Waals surface area contributed by atoms with Crippen molar-refractivity contribution in [1.82, 2.24) is 14.3 Å². The van der Waals surface area contributed by atoms with Gasteiger partial charge in [-0.2, -0.15) is 17.5 Å². The van der Waals surface area contributed by atoms with Crippen LogP contribution in [0.15, 0.2) is 0 Å². The fourth-order valence-corrected chi connectivity index (χ4v) is 1.93. The van der Waals surface area contributed by atoms with Crippen LogP contribution in [0.5, 0.6) is 0 Å². The van der Waals surface area contributed by atoms with E-state index < -0.39 is 11.2 Å². The molecule has 4 nitrogen and oxygen atoms in total. The Bertz CT molecular complexity index is 349. The van der Waals surface area contributed by atoms with Crippen LogP contribution in [0.3, 0.4) is 0 Å². The zero-order valence-electron chi connectivity index (χ0n) is 8.33. The average Bonchev–Trinajstić information content (AvgIpc) is 2.67. The molecule has 90 valence electrons. The van der Waals surface area contributed by atoms with Crippen LogP contribution in [0, 0.1) is 0 Å². The maximum atomic E-state index is 12.3. The highest BCUT2D eigenvalue weighted by Crippen LogP contribution is 2.30. The summed E-state index contributed by atoms with van der Waals surface area (Å²) >= 11 is 0.401. The molecule has 1 aromatic rings. The molecule has 1 aliphatic heterocycles. The molecule has 2 heterocycles. The number of alkyl halides is 3. The average molecular weight is 253 g/mol. The molecule has 0 unspecified atom stereocenters. The Morgan fingerprint density at radius 2 is 2.00 bits per heavy atom. The molecule has 16 heavy (non-hydrogen) atoms. The van der Waals surface area contributed by atoms with Crippen molar-refractivity contribution in [2.24, 2.45) is 0 Å². The van der Waals surface area contributed by atoms with Crippen LogP contribution in [-0.2, 0) is 17.5 Å². The molecule has 0 saturated carbocycles. The van der Waals surface area contributed by atoms with Crippen LogP contribution < -0.4 is 0 Å². The van der Waals surface area contributed by atoms with Crippen LogP contribution in [0.4, 0.5) is 13.2 Å². The largest absolute Gasteiger partial charge is 0.444 e. The number of halogens is 3. The molecule has 1 saturated heterocycles. The smallest absolute Gasteiger partial charge is 0.379 e. The number of hydrogen-bond donors (Lipinski definition) is 0. The molecular formula is C8H10F3N3OS. The van der Waals surface area contributed by atoms with E-state index >= 15 is 0 Å². The van der Waals surface area contributed by atoms with E-state index in [-0.39, 0.29) is 5.82 Å². The number of nitrogens with zero attached hydrogens (tertiary/aromatic N) is 3. The SMILES string of the molecule is FC(F)(F)c1nc(CN2CCOCC2)ns1. The third-order valence-corrected chi connectivity index (χ3v) is 2.98. The highest BCUT2D eigenvalue weighted by molar-refractivity contribution is 7.05. The molecular weight excluding hydrogens is 243 g/mol. The molecule has 1 fully saturated rings. The first-order chi connectivity index (χ1) is 7.55. The molecule has 0 radical (unpaired) electrons. The Labute approximate surface area is 94.2 Å². The minimum atomic E-state index is -4.39. The van der Waals surface area contributed by atoms with Crippen molar-refractivity contribution < 1.29 is 17.9 Å². The molecule has 2 rings (SSSR count). The lowest BCUT2D eigenvalue weighted by molar-refractivity contribution is -0.137. The number of morpholine rings is 1. The highest BCUT2D eigenvalue weighted by Gasteiger charge is 2.35. The summed E-state index contributed by atoms with van der Waals surface area (Å²) in [7, 11) is 0. The summed E-state index contributed by atoms with van der Waals surface area (Å²) in [5.41, 5.74) is 0. The van der Waals surface area contributed by atoms with E-state index in [2.05, 4.69) is 9.36 Å². The first-order valence-electron chi connectivity index (χ1n) is 4.75.